The predicted octanol–water partition coefficient (Wildman–Crippen LogP) is 9.76. The number of nitro groups is 1. The SMILES string of the molecule is CCC12CC(C3=C(CN4CCN(c5ccc(C(=O)NSc6ccc(NCC7(F)CCN(C)CC7)c([N+](=O)[O-])c6)c(Oc6cnc7[nH]ccc7c6)c5)CC4)CCC(C)(C)C3)(C1)C2. The molecule has 4 heterocycles. The van der Waals surface area contributed by atoms with Crippen LogP contribution in [-0.4, -0.2) is 95.7 Å². The molecule has 0 spiro atoms. The molecule has 10 rings (SSSR count). The van der Waals surface area contributed by atoms with E-state index in [9.17, 15) is 14.9 Å². The zero-order valence-corrected chi connectivity index (χ0v) is 36.8. The van der Waals surface area contributed by atoms with Gasteiger partial charge in [-0.1, -0.05) is 38.3 Å². The van der Waals surface area contributed by atoms with Crippen molar-refractivity contribution in [3.8, 4) is 11.5 Å². The molecule has 0 atom stereocenters. The molecule has 3 N–H and O–H groups in total. The molecule has 61 heavy (non-hydrogen) atoms. The van der Waals surface area contributed by atoms with Gasteiger partial charge in [0.25, 0.3) is 11.6 Å². The van der Waals surface area contributed by atoms with E-state index < -0.39 is 16.5 Å². The van der Waals surface area contributed by atoms with Gasteiger partial charge in [0.05, 0.1) is 16.7 Å². The standard InChI is InChI=1S/C47H59FN8O4S/c1-5-45-28-46(29-45,30-45)38-25-44(2,3)12-10-33(38)27-54-18-20-55(21-19-54)34-6-8-37(41(23-34)60-35-22-32-11-15-49-42(32)50-26-35)43(57)52-61-36-7-9-39(40(24-36)56(58)59)51-31-47(48)13-16-53(4)17-14-47/h6-9,11,15,22-24,26,51H,5,10,12-14,16-21,25,27-31H2,1-4H3,(H,49,50)(H,52,57). The van der Waals surface area contributed by atoms with Crippen LogP contribution in [0.2, 0.25) is 0 Å². The number of nitro benzene ring substituents is 1. The Morgan fingerprint density at radius 2 is 1.79 bits per heavy atom. The van der Waals surface area contributed by atoms with Crippen LogP contribution in [0.1, 0.15) is 88.9 Å². The minimum Gasteiger partial charge on any atom is -0.455 e. The summed E-state index contributed by atoms with van der Waals surface area (Å²) in [7, 11) is 1.96. The molecule has 0 unspecified atom stereocenters. The number of nitrogens with one attached hydrogen (secondary N) is 3. The van der Waals surface area contributed by atoms with E-state index in [0.717, 1.165) is 61.4 Å². The maximum Gasteiger partial charge on any atom is 0.293 e. The number of pyridine rings is 1. The molecule has 12 nitrogen and oxygen atoms in total. The van der Waals surface area contributed by atoms with Crippen LogP contribution >= 0.6 is 11.9 Å². The van der Waals surface area contributed by atoms with Crippen molar-refractivity contribution in [1.82, 2.24) is 24.5 Å². The summed E-state index contributed by atoms with van der Waals surface area (Å²) in [5, 5.41) is 16.0. The van der Waals surface area contributed by atoms with Crippen LogP contribution in [-0.2, 0) is 0 Å². The van der Waals surface area contributed by atoms with Crippen molar-refractivity contribution in [3.63, 3.8) is 0 Å². The molecule has 0 radical (unpaired) electrons. The minimum atomic E-state index is -1.43. The molecule has 5 fully saturated rings. The molecule has 2 aromatic heterocycles. The van der Waals surface area contributed by atoms with E-state index in [0.29, 0.717) is 64.1 Å². The molecule has 1 amide bonds. The maximum atomic E-state index is 15.4. The summed E-state index contributed by atoms with van der Waals surface area (Å²) < 4.78 is 24.7. The second-order valence-electron chi connectivity index (χ2n) is 19.5. The van der Waals surface area contributed by atoms with E-state index in [-0.39, 0.29) is 17.9 Å². The zero-order valence-electron chi connectivity index (χ0n) is 35.9. The average Bonchev–Trinajstić information content (AvgIpc) is 3.69. The van der Waals surface area contributed by atoms with Gasteiger partial charge >= 0.3 is 0 Å². The lowest BCUT2D eigenvalue weighted by atomic mass is 9.31. The molecule has 2 saturated heterocycles. The van der Waals surface area contributed by atoms with Crippen LogP contribution in [0, 0.1) is 26.4 Å². The van der Waals surface area contributed by atoms with Gasteiger partial charge in [-0.3, -0.25) is 24.5 Å². The van der Waals surface area contributed by atoms with Crippen LogP contribution in [0.15, 0.2) is 77.0 Å². The highest BCUT2D eigenvalue weighted by Gasteiger charge is 2.68. The van der Waals surface area contributed by atoms with E-state index in [4.69, 9.17) is 4.74 Å². The Hall–Kier alpha value is -4.66. The van der Waals surface area contributed by atoms with Crippen LogP contribution < -0.4 is 19.7 Å². The lowest BCUT2D eigenvalue weighted by molar-refractivity contribution is -0.384. The molecule has 4 aromatic rings. The minimum absolute atomic E-state index is 0.0100. The highest BCUT2D eigenvalue weighted by molar-refractivity contribution is 7.98. The van der Waals surface area contributed by atoms with Crippen molar-refractivity contribution in [2.45, 2.75) is 89.1 Å². The second kappa shape index (κ2) is 16.2. The first-order valence-corrected chi connectivity index (χ1v) is 22.8. The Labute approximate surface area is 362 Å². The summed E-state index contributed by atoms with van der Waals surface area (Å²) >= 11 is 0.981. The Bertz CT molecular complexity index is 2330. The van der Waals surface area contributed by atoms with Gasteiger partial charge in [0.2, 0.25) is 0 Å². The highest BCUT2D eigenvalue weighted by atomic mass is 32.2. The van der Waals surface area contributed by atoms with Gasteiger partial charge in [-0.15, -0.1) is 0 Å². The third kappa shape index (κ3) is 8.60. The number of piperazine rings is 1. The number of aromatic nitrogens is 2. The number of hydrogen-bond donors (Lipinski definition) is 3. The lowest BCUT2D eigenvalue weighted by Crippen LogP contribution is -2.63. The van der Waals surface area contributed by atoms with Crippen molar-refractivity contribution in [2.75, 3.05) is 69.6 Å². The van der Waals surface area contributed by atoms with Crippen molar-refractivity contribution in [1.29, 1.82) is 0 Å². The highest BCUT2D eigenvalue weighted by Crippen LogP contribution is 2.79. The normalized spacial score (nSPS) is 24.8. The number of carbonyl (C=O) groups excluding carboxylic acids is 1. The summed E-state index contributed by atoms with van der Waals surface area (Å²) in [6.07, 6.45) is 13.4. The number of ether oxygens (including phenoxy) is 1. The molecule has 2 bridgehead atoms. The fourth-order valence-corrected chi connectivity index (χ4v) is 11.4. The van der Waals surface area contributed by atoms with E-state index in [1.54, 1.807) is 30.0 Å². The molecule has 6 aliphatic rings. The van der Waals surface area contributed by atoms with E-state index in [1.807, 2.05) is 43.1 Å². The topological polar surface area (TPSA) is 132 Å². The Kier molecular flexibility index (Phi) is 11.1. The van der Waals surface area contributed by atoms with Crippen LogP contribution in [0.25, 0.3) is 11.0 Å². The van der Waals surface area contributed by atoms with Crippen LogP contribution in [0.3, 0.4) is 0 Å². The fraction of sp³-hybridized carbons (Fsp3) is 0.532. The summed E-state index contributed by atoms with van der Waals surface area (Å²) in [5.74, 6) is 0.474. The van der Waals surface area contributed by atoms with Crippen molar-refractivity contribution >= 4 is 46.0 Å². The fourth-order valence-electron chi connectivity index (χ4n) is 10.8. The van der Waals surface area contributed by atoms with Crippen molar-refractivity contribution < 1.29 is 18.8 Å². The van der Waals surface area contributed by atoms with Crippen LogP contribution in [0.4, 0.5) is 21.5 Å². The van der Waals surface area contributed by atoms with Gasteiger partial charge in [0, 0.05) is 86.7 Å². The largest absolute Gasteiger partial charge is 0.455 e. The number of allylic oxidation sites excluding steroid dienone is 1. The summed E-state index contributed by atoms with van der Waals surface area (Å²) in [4.78, 5) is 40.7. The van der Waals surface area contributed by atoms with Gasteiger partial charge in [-0.05, 0) is 123 Å². The number of likely N-dealkylation sites (tertiary alicyclic amines) is 1. The molecule has 4 aliphatic carbocycles. The molecule has 14 heteroatoms. The van der Waals surface area contributed by atoms with Crippen molar-refractivity contribution in [3.05, 3.63) is 87.7 Å². The number of amides is 1. The Morgan fingerprint density at radius 3 is 2.52 bits per heavy atom. The third-order valence-corrected chi connectivity index (χ3v) is 15.4. The number of carbonyl (C=O) groups is 1. The molecular formula is C47H59FN8O4S. The van der Waals surface area contributed by atoms with Gasteiger partial charge in [0.1, 0.15) is 28.5 Å². The molecular weight excluding hydrogens is 792 g/mol. The number of halogens is 1. The summed E-state index contributed by atoms with van der Waals surface area (Å²) in [6.45, 7) is 13.3. The lowest BCUT2D eigenvalue weighted by Gasteiger charge is -2.73. The first kappa shape index (κ1) is 41.7. The van der Waals surface area contributed by atoms with E-state index in [1.165, 1.54) is 51.0 Å². The first-order chi connectivity index (χ1) is 29.2. The van der Waals surface area contributed by atoms with E-state index >= 15 is 4.39 Å². The number of H-pyrrole nitrogens is 1. The monoisotopic (exact) mass is 850 g/mol. The van der Waals surface area contributed by atoms with E-state index in [2.05, 4.69) is 55.5 Å². The number of aromatic amines is 1. The van der Waals surface area contributed by atoms with Gasteiger partial charge < -0.3 is 24.8 Å². The number of benzene rings is 2. The molecule has 2 aliphatic heterocycles. The Morgan fingerprint density at radius 1 is 1.02 bits per heavy atom. The summed E-state index contributed by atoms with van der Waals surface area (Å²) in [6, 6.07) is 14.1. The molecule has 3 saturated carbocycles. The second-order valence-corrected chi connectivity index (χ2v) is 20.4. The summed E-state index contributed by atoms with van der Waals surface area (Å²) in [5.41, 5.74) is 5.69. The maximum absolute atomic E-state index is 15.4. The van der Waals surface area contributed by atoms with Gasteiger partial charge in [-0.2, -0.15) is 0 Å². The third-order valence-electron chi connectivity index (χ3n) is 14.6. The number of alkyl halides is 1. The van der Waals surface area contributed by atoms with Gasteiger partial charge in [0.15, 0.2) is 0 Å². The smallest absolute Gasteiger partial charge is 0.293 e. The number of hydrogen-bond acceptors (Lipinski definition) is 10. The zero-order chi connectivity index (χ0) is 42.6. The number of rotatable bonds is 14. The number of piperidine rings is 1. The van der Waals surface area contributed by atoms with Crippen molar-refractivity contribution in [2.24, 2.45) is 16.2 Å². The predicted molar refractivity (Wildman–Crippen MR) is 240 cm³/mol. The average molecular weight is 851 g/mol. The quantitative estimate of drug-likeness (QED) is 0.0488. The number of fused-ring (bicyclic) bond motifs is 1. The molecule has 2 aromatic carbocycles. The number of anilines is 2. The van der Waals surface area contributed by atoms with Crippen LogP contribution in [0.5, 0.6) is 11.5 Å². The Balaban J connectivity index is 0.884. The molecule has 324 valence electrons. The number of nitrogens with zero attached hydrogens (tertiary/aromatic N) is 5. The first-order valence-electron chi connectivity index (χ1n) is 22.0. The van der Waals surface area contributed by atoms with Gasteiger partial charge in [-0.25, -0.2) is 9.37 Å².